The number of carboxylic acids is 1. The van der Waals surface area contributed by atoms with Gasteiger partial charge in [-0.25, -0.2) is 9.78 Å². The van der Waals surface area contributed by atoms with Gasteiger partial charge in [-0.3, -0.25) is 0 Å². The highest BCUT2D eigenvalue weighted by molar-refractivity contribution is 5.86. The van der Waals surface area contributed by atoms with Crippen LogP contribution in [0.1, 0.15) is 23.8 Å². The molecule has 1 aliphatic rings. The van der Waals surface area contributed by atoms with Crippen molar-refractivity contribution < 1.29 is 9.90 Å². The molecule has 2 rings (SSSR count). The van der Waals surface area contributed by atoms with Gasteiger partial charge in [-0.2, -0.15) is 0 Å². The van der Waals surface area contributed by atoms with Crippen molar-refractivity contribution in [2.75, 3.05) is 31.5 Å². The van der Waals surface area contributed by atoms with Crippen molar-refractivity contribution in [1.82, 2.24) is 9.88 Å². The lowest BCUT2D eigenvalue weighted by molar-refractivity contribution is 0.0690. The Kier molecular flexibility index (Phi) is 4.15. The highest BCUT2D eigenvalue weighted by atomic mass is 16.4. The fraction of sp³-hybridized carbons (Fsp3) is 0.538. The minimum atomic E-state index is -0.989. The molecule has 1 aromatic rings. The van der Waals surface area contributed by atoms with E-state index in [0.717, 1.165) is 25.3 Å². The zero-order chi connectivity index (χ0) is 13.0. The van der Waals surface area contributed by atoms with E-state index >= 15 is 0 Å². The molecule has 0 aliphatic carbocycles. The van der Waals surface area contributed by atoms with Crippen LogP contribution in [0.3, 0.4) is 0 Å². The molecular weight excluding hydrogens is 230 g/mol. The van der Waals surface area contributed by atoms with E-state index in [0.29, 0.717) is 5.92 Å². The topological polar surface area (TPSA) is 65.5 Å². The van der Waals surface area contributed by atoms with Gasteiger partial charge in [0.05, 0.1) is 0 Å². The Labute approximate surface area is 107 Å². The van der Waals surface area contributed by atoms with E-state index in [1.54, 1.807) is 12.1 Å². The summed E-state index contributed by atoms with van der Waals surface area (Å²) in [6.07, 6.45) is 2.73. The van der Waals surface area contributed by atoms with Crippen molar-refractivity contribution >= 4 is 11.7 Å². The highest BCUT2D eigenvalue weighted by Crippen LogP contribution is 2.17. The van der Waals surface area contributed by atoms with Crippen molar-refractivity contribution in [3.05, 3.63) is 24.0 Å². The molecule has 1 aromatic heterocycles. The van der Waals surface area contributed by atoms with Crippen LogP contribution in [0.4, 0.5) is 5.69 Å². The van der Waals surface area contributed by atoms with Gasteiger partial charge < -0.3 is 15.3 Å². The molecule has 0 spiro atoms. The van der Waals surface area contributed by atoms with Crippen LogP contribution in [0.15, 0.2) is 18.3 Å². The van der Waals surface area contributed by atoms with Gasteiger partial charge in [0.15, 0.2) is 0 Å². The molecule has 98 valence electrons. The summed E-state index contributed by atoms with van der Waals surface area (Å²) in [5.74, 6) is -0.344. The lowest BCUT2D eigenvalue weighted by atomic mass is 10.1. The zero-order valence-electron chi connectivity index (χ0n) is 10.6. The first kappa shape index (κ1) is 12.8. The third-order valence-corrected chi connectivity index (χ3v) is 3.39. The van der Waals surface area contributed by atoms with Gasteiger partial charge in [0.1, 0.15) is 5.69 Å². The summed E-state index contributed by atoms with van der Waals surface area (Å²) in [7, 11) is 0. The Bertz CT molecular complexity index is 422. The van der Waals surface area contributed by atoms with Gasteiger partial charge in [-0.15, -0.1) is 0 Å². The monoisotopic (exact) mass is 249 g/mol. The zero-order valence-corrected chi connectivity index (χ0v) is 10.6. The van der Waals surface area contributed by atoms with Crippen molar-refractivity contribution in [3.8, 4) is 0 Å². The third-order valence-electron chi connectivity index (χ3n) is 3.39. The molecule has 0 aromatic carbocycles. The van der Waals surface area contributed by atoms with Crippen molar-refractivity contribution in [3.63, 3.8) is 0 Å². The van der Waals surface area contributed by atoms with Gasteiger partial charge in [-0.1, -0.05) is 6.92 Å². The Balaban J connectivity index is 1.87. The smallest absolute Gasteiger partial charge is 0.354 e. The SMILES string of the molecule is CCN1CCC(CNc2ccnc(C(=O)O)c2)C1. The van der Waals surface area contributed by atoms with Crippen LogP contribution in [0.5, 0.6) is 0 Å². The average molecular weight is 249 g/mol. The number of aromatic carboxylic acids is 1. The molecule has 2 heterocycles. The van der Waals surface area contributed by atoms with Crippen LogP contribution in [0.25, 0.3) is 0 Å². The first-order chi connectivity index (χ1) is 8.69. The average Bonchev–Trinajstić information content (AvgIpc) is 2.84. The van der Waals surface area contributed by atoms with Gasteiger partial charge in [0.2, 0.25) is 0 Å². The molecular formula is C13H19N3O2. The van der Waals surface area contributed by atoms with E-state index in [9.17, 15) is 4.79 Å². The molecule has 5 nitrogen and oxygen atoms in total. The number of anilines is 1. The second kappa shape index (κ2) is 5.82. The number of hydrogen-bond donors (Lipinski definition) is 2. The fourth-order valence-corrected chi connectivity index (χ4v) is 2.29. The van der Waals surface area contributed by atoms with Crippen LogP contribution >= 0.6 is 0 Å². The molecule has 1 unspecified atom stereocenters. The second-order valence-corrected chi connectivity index (χ2v) is 4.66. The number of hydrogen-bond acceptors (Lipinski definition) is 4. The van der Waals surface area contributed by atoms with Crippen LogP contribution in [0, 0.1) is 5.92 Å². The van der Waals surface area contributed by atoms with Gasteiger partial charge >= 0.3 is 5.97 Å². The number of likely N-dealkylation sites (tertiary alicyclic amines) is 1. The molecule has 5 heteroatoms. The number of rotatable bonds is 5. The van der Waals surface area contributed by atoms with E-state index in [4.69, 9.17) is 5.11 Å². The van der Waals surface area contributed by atoms with Crippen LogP contribution in [-0.2, 0) is 0 Å². The van der Waals surface area contributed by atoms with Gasteiger partial charge in [0, 0.05) is 25.0 Å². The maximum absolute atomic E-state index is 10.8. The predicted octanol–water partition coefficient (Wildman–Crippen LogP) is 1.53. The summed E-state index contributed by atoms with van der Waals surface area (Å²) in [5, 5.41) is 12.2. The Morgan fingerprint density at radius 2 is 2.50 bits per heavy atom. The maximum Gasteiger partial charge on any atom is 0.354 e. The first-order valence-electron chi connectivity index (χ1n) is 6.34. The lowest BCUT2D eigenvalue weighted by Crippen LogP contribution is -2.22. The van der Waals surface area contributed by atoms with Crippen molar-refractivity contribution in [2.24, 2.45) is 5.92 Å². The summed E-state index contributed by atoms with van der Waals surface area (Å²) >= 11 is 0. The molecule has 1 aliphatic heterocycles. The standard InChI is InChI=1S/C13H19N3O2/c1-2-16-6-4-10(9-16)8-15-11-3-5-14-12(7-11)13(17)18/h3,5,7,10H,2,4,6,8-9H2,1H3,(H,14,15)(H,17,18). The molecule has 0 radical (unpaired) electrons. The van der Waals surface area contributed by atoms with Crippen molar-refractivity contribution in [2.45, 2.75) is 13.3 Å². The normalized spacial score (nSPS) is 19.9. The van der Waals surface area contributed by atoms with Gasteiger partial charge in [-0.05, 0) is 37.6 Å². The molecule has 18 heavy (non-hydrogen) atoms. The summed E-state index contributed by atoms with van der Waals surface area (Å²) < 4.78 is 0. The van der Waals surface area contributed by atoms with E-state index in [2.05, 4.69) is 22.1 Å². The molecule has 0 saturated carbocycles. The largest absolute Gasteiger partial charge is 0.477 e. The molecule has 1 fully saturated rings. The number of carbonyl (C=O) groups is 1. The number of carboxylic acid groups (broad SMARTS) is 1. The maximum atomic E-state index is 10.8. The van der Waals surface area contributed by atoms with Crippen LogP contribution in [-0.4, -0.2) is 47.1 Å². The minimum Gasteiger partial charge on any atom is -0.477 e. The first-order valence-corrected chi connectivity index (χ1v) is 6.34. The molecule has 0 amide bonds. The lowest BCUT2D eigenvalue weighted by Gasteiger charge is -2.14. The Morgan fingerprint density at radius 3 is 3.17 bits per heavy atom. The second-order valence-electron chi connectivity index (χ2n) is 4.66. The molecule has 2 N–H and O–H groups in total. The Morgan fingerprint density at radius 1 is 1.67 bits per heavy atom. The van der Waals surface area contributed by atoms with E-state index in [1.807, 2.05) is 0 Å². The summed E-state index contributed by atoms with van der Waals surface area (Å²) in [6.45, 7) is 6.46. The Hall–Kier alpha value is -1.62. The number of nitrogens with one attached hydrogen (secondary N) is 1. The van der Waals surface area contributed by atoms with Gasteiger partial charge in [0.25, 0.3) is 0 Å². The predicted molar refractivity (Wildman–Crippen MR) is 69.9 cm³/mol. The molecule has 1 atom stereocenters. The molecule has 1 saturated heterocycles. The fourth-order valence-electron chi connectivity index (χ4n) is 2.29. The molecule has 0 bridgehead atoms. The van der Waals surface area contributed by atoms with E-state index in [-0.39, 0.29) is 5.69 Å². The number of pyridine rings is 1. The highest BCUT2D eigenvalue weighted by Gasteiger charge is 2.20. The van der Waals surface area contributed by atoms with Crippen LogP contribution < -0.4 is 5.32 Å². The summed E-state index contributed by atoms with van der Waals surface area (Å²) in [5.41, 5.74) is 0.916. The third kappa shape index (κ3) is 3.20. The summed E-state index contributed by atoms with van der Waals surface area (Å²) in [4.78, 5) is 17.0. The van der Waals surface area contributed by atoms with Crippen molar-refractivity contribution in [1.29, 1.82) is 0 Å². The number of nitrogens with zero attached hydrogens (tertiary/aromatic N) is 2. The summed E-state index contributed by atoms with van der Waals surface area (Å²) in [6, 6.07) is 3.38. The van der Waals surface area contributed by atoms with E-state index in [1.165, 1.54) is 19.2 Å². The minimum absolute atomic E-state index is 0.0848. The van der Waals surface area contributed by atoms with E-state index < -0.39 is 5.97 Å². The quantitative estimate of drug-likeness (QED) is 0.828. The number of aromatic nitrogens is 1. The van der Waals surface area contributed by atoms with Crippen LogP contribution in [0.2, 0.25) is 0 Å².